The Morgan fingerprint density at radius 1 is 1.06 bits per heavy atom. The lowest BCUT2D eigenvalue weighted by Crippen LogP contribution is -2.39. The first-order valence-electron chi connectivity index (χ1n) is 5.46. The maximum absolute atomic E-state index is 4.84. The lowest BCUT2D eigenvalue weighted by atomic mass is 10.2. The van der Waals surface area contributed by atoms with E-state index in [1.54, 1.807) is 0 Å². The molecule has 0 bridgehead atoms. The summed E-state index contributed by atoms with van der Waals surface area (Å²) in [5, 5.41) is 6.44. The monoisotopic (exact) mass is 254 g/mol. The molecule has 1 aromatic carbocycles. The SMILES string of the molecule is C1CNCCN1.S=C(S)Cc1ccccc1. The molecule has 0 radical (unpaired) electrons. The van der Waals surface area contributed by atoms with Crippen LogP contribution < -0.4 is 10.6 Å². The minimum atomic E-state index is 0.742. The molecule has 0 spiro atoms. The molecule has 88 valence electrons. The Balaban J connectivity index is 0.000000181. The van der Waals surface area contributed by atoms with Gasteiger partial charge < -0.3 is 10.6 Å². The molecule has 0 aromatic heterocycles. The van der Waals surface area contributed by atoms with E-state index >= 15 is 0 Å². The highest BCUT2D eigenvalue weighted by Gasteiger charge is 1.92. The highest BCUT2D eigenvalue weighted by molar-refractivity contribution is 8.11. The van der Waals surface area contributed by atoms with E-state index in [9.17, 15) is 0 Å². The van der Waals surface area contributed by atoms with E-state index in [4.69, 9.17) is 12.2 Å². The third kappa shape index (κ3) is 6.95. The van der Waals surface area contributed by atoms with Crippen molar-refractivity contribution in [3.8, 4) is 0 Å². The van der Waals surface area contributed by atoms with Crippen molar-refractivity contribution < 1.29 is 0 Å². The van der Waals surface area contributed by atoms with Gasteiger partial charge in [0, 0.05) is 36.8 Å². The van der Waals surface area contributed by atoms with E-state index in [1.165, 1.54) is 5.56 Å². The van der Waals surface area contributed by atoms with Gasteiger partial charge in [-0.1, -0.05) is 42.5 Å². The van der Waals surface area contributed by atoms with E-state index in [2.05, 4.69) is 23.3 Å². The number of hydrogen-bond acceptors (Lipinski definition) is 3. The van der Waals surface area contributed by atoms with Gasteiger partial charge in [-0.2, -0.15) is 0 Å². The molecule has 0 unspecified atom stereocenters. The van der Waals surface area contributed by atoms with Crippen LogP contribution in [-0.4, -0.2) is 30.4 Å². The summed E-state index contributed by atoms with van der Waals surface area (Å²) in [6.45, 7) is 4.56. The van der Waals surface area contributed by atoms with Crippen molar-refractivity contribution in [3.05, 3.63) is 35.9 Å². The van der Waals surface area contributed by atoms with E-state index in [-0.39, 0.29) is 0 Å². The molecule has 2 rings (SSSR count). The van der Waals surface area contributed by atoms with Crippen LogP contribution in [0.3, 0.4) is 0 Å². The number of thiocarbonyl (C=S) groups is 1. The summed E-state index contributed by atoms with van der Waals surface area (Å²) in [7, 11) is 0. The molecular weight excluding hydrogens is 236 g/mol. The summed E-state index contributed by atoms with van der Waals surface area (Å²) in [4.78, 5) is 0. The van der Waals surface area contributed by atoms with Gasteiger partial charge in [-0.25, -0.2) is 0 Å². The summed E-state index contributed by atoms with van der Waals surface area (Å²) in [5.74, 6) is 0. The third-order valence-corrected chi connectivity index (χ3v) is 2.46. The Morgan fingerprint density at radius 2 is 1.56 bits per heavy atom. The van der Waals surface area contributed by atoms with Crippen LogP contribution in [0.2, 0.25) is 0 Å². The lowest BCUT2D eigenvalue weighted by Gasteiger charge is -2.11. The van der Waals surface area contributed by atoms with Crippen molar-refractivity contribution in [2.45, 2.75) is 6.42 Å². The zero-order valence-corrected chi connectivity index (χ0v) is 11.0. The second-order valence-electron chi connectivity index (χ2n) is 3.56. The van der Waals surface area contributed by atoms with Gasteiger partial charge >= 0.3 is 0 Å². The third-order valence-electron chi connectivity index (χ3n) is 2.16. The predicted octanol–water partition coefficient (Wildman–Crippen LogP) is 1.67. The fourth-order valence-electron chi connectivity index (χ4n) is 1.37. The van der Waals surface area contributed by atoms with Crippen molar-refractivity contribution >= 4 is 29.0 Å². The summed E-state index contributed by atoms with van der Waals surface area (Å²) in [6.07, 6.45) is 0.791. The minimum absolute atomic E-state index is 0.742. The van der Waals surface area contributed by atoms with Gasteiger partial charge in [0.2, 0.25) is 0 Å². The van der Waals surface area contributed by atoms with Gasteiger partial charge in [-0.05, 0) is 5.56 Å². The average molecular weight is 254 g/mol. The molecule has 1 aromatic rings. The summed E-state index contributed by atoms with van der Waals surface area (Å²) in [5.41, 5.74) is 1.22. The molecule has 1 aliphatic rings. The molecule has 0 saturated carbocycles. The summed E-state index contributed by atoms with van der Waals surface area (Å²) >= 11 is 8.88. The van der Waals surface area contributed by atoms with Gasteiger partial charge in [-0.3, -0.25) is 0 Å². The predicted molar refractivity (Wildman–Crippen MR) is 77.5 cm³/mol. The number of benzene rings is 1. The van der Waals surface area contributed by atoms with Gasteiger partial charge in [0.05, 0.1) is 0 Å². The molecule has 0 atom stereocenters. The van der Waals surface area contributed by atoms with Crippen LogP contribution in [0.5, 0.6) is 0 Å². The van der Waals surface area contributed by atoms with Crippen molar-refractivity contribution in [2.75, 3.05) is 26.2 Å². The highest BCUT2D eigenvalue weighted by Crippen LogP contribution is 2.02. The van der Waals surface area contributed by atoms with Crippen LogP contribution in [0.25, 0.3) is 0 Å². The summed E-state index contributed by atoms with van der Waals surface area (Å²) in [6, 6.07) is 10.1. The zero-order valence-electron chi connectivity index (χ0n) is 9.28. The van der Waals surface area contributed by atoms with Crippen LogP contribution in [-0.2, 0) is 6.42 Å². The first-order chi connectivity index (χ1) is 7.79. The van der Waals surface area contributed by atoms with Crippen LogP contribution in [0.1, 0.15) is 5.56 Å². The highest BCUT2D eigenvalue weighted by atomic mass is 32.1. The van der Waals surface area contributed by atoms with Gasteiger partial charge in [0.1, 0.15) is 0 Å². The van der Waals surface area contributed by atoms with E-state index in [0.29, 0.717) is 0 Å². The molecule has 2 nitrogen and oxygen atoms in total. The summed E-state index contributed by atoms with van der Waals surface area (Å²) < 4.78 is 0.742. The zero-order chi connectivity index (χ0) is 11.6. The maximum atomic E-state index is 4.84. The molecule has 4 heteroatoms. The number of rotatable bonds is 2. The van der Waals surface area contributed by atoms with Gasteiger partial charge in [0.25, 0.3) is 0 Å². The van der Waals surface area contributed by atoms with Crippen LogP contribution >= 0.6 is 24.8 Å². The van der Waals surface area contributed by atoms with Crippen molar-refractivity contribution in [3.63, 3.8) is 0 Å². The number of piperazine rings is 1. The number of nitrogens with one attached hydrogen (secondary N) is 2. The van der Waals surface area contributed by atoms with Crippen molar-refractivity contribution in [2.24, 2.45) is 0 Å². The Hall–Kier alpha value is -0.420. The van der Waals surface area contributed by atoms with Crippen LogP contribution in [0.15, 0.2) is 30.3 Å². The minimum Gasteiger partial charge on any atom is -0.314 e. The Morgan fingerprint density at radius 3 is 1.94 bits per heavy atom. The molecule has 1 heterocycles. The molecule has 2 N–H and O–H groups in total. The smallest absolute Gasteiger partial charge is 0.0491 e. The average Bonchev–Trinajstić information content (AvgIpc) is 2.32. The molecule has 0 aliphatic carbocycles. The van der Waals surface area contributed by atoms with Crippen LogP contribution in [0.4, 0.5) is 0 Å². The first-order valence-corrected chi connectivity index (χ1v) is 6.32. The molecule has 16 heavy (non-hydrogen) atoms. The van der Waals surface area contributed by atoms with E-state index in [1.807, 2.05) is 30.3 Å². The largest absolute Gasteiger partial charge is 0.314 e. The normalized spacial score (nSPS) is 14.8. The molecular formula is C12H18N2S2. The number of hydrogen-bond donors (Lipinski definition) is 3. The maximum Gasteiger partial charge on any atom is 0.0491 e. The molecule has 0 amide bonds. The second-order valence-corrected chi connectivity index (χ2v) is 4.89. The number of thiol groups is 1. The fourth-order valence-corrected chi connectivity index (χ4v) is 1.72. The van der Waals surface area contributed by atoms with Gasteiger partial charge in [0.15, 0.2) is 0 Å². The quantitative estimate of drug-likeness (QED) is 0.553. The molecule has 1 saturated heterocycles. The van der Waals surface area contributed by atoms with Crippen molar-refractivity contribution in [1.29, 1.82) is 0 Å². The topological polar surface area (TPSA) is 24.1 Å². The van der Waals surface area contributed by atoms with E-state index < -0.39 is 0 Å². The molecule has 1 fully saturated rings. The lowest BCUT2D eigenvalue weighted by molar-refractivity contribution is 0.534. The Kier molecular flexibility index (Phi) is 7.42. The first kappa shape index (κ1) is 13.6. The van der Waals surface area contributed by atoms with E-state index in [0.717, 1.165) is 36.8 Å². The fraction of sp³-hybridized carbons (Fsp3) is 0.417. The molecule has 1 aliphatic heterocycles. The Bertz CT molecular complexity index is 286. The van der Waals surface area contributed by atoms with Gasteiger partial charge in [-0.15, -0.1) is 12.6 Å². The standard InChI is InChI=1S/C8H8S2.C4H10N2/c9-8(10)6-7-4-2-1-3-5-7;1-2-6-4-3-5-1/h1-5H,6H2,(H,9,10);5-6H,1-4H2. The van der Waals surface area contributed by atoms with Crippen LogP contribution in [0, 0.1) is 0 Å². The second kappa shape index (κ2) is 8.70. The Labute approximate surface area is 108 Å². The van der Waals surface area contributed by atoms with Crippen molar-refractivity contribution in [1.82, 2.24) is 10.6 Å².